The fourth-order valence-corrected chi connectivity index (χ4v) is 4.56. The summed E-state index contributed by atoms with van der Waals surface area (Å²) >= 11 is 1.14. The molecule has 3 aromatic heterocycles. The van der Waals surface area contributed by atoms with Crippen LogP contribution in [0.15, 0.2) is 77.7 Å². The van der Waals surface area contributed by atoms with Crippen molar-refractivity contribution in [2.24, 2.45) is 5.73 Å². The number of aromatic nitrogens is 3. The molecular weight excluding hydrogens is 524 g/mol. The van der Waals surface area contributed by atoms with Crippen molar-refractivity contribution < 1.29 is 14.6 Å². The standard InChI is InChI=1S/C30H30N6O3S/c1-21-4-2-5-23(33-21)17-36(18-24-6-3-7-29(35-24)30(37)38)19-26-15-27(14-25(16-31)34-26)39-13-12-22-8-10-28(11-9-22)40-20-32/h2-11,14-15H,12-13,16-19,31H2,1H3,(H,37,38). The maximum Gasteiger partial charge on any atom is 0.354 e. The molecule has 3 heterocycles. The van der Waals surface area contributed by atoms with Crippen LogP contribution in [0, 0.1) is 17.6 Å². The largest absolute Gasteiger partial charge is 0.493 e. The lowest BCUT2D eigenvalue weighted by atomic mass is 10.2. The minimum atomic E-state index is -1.06. The van der Waals surface area contributed by atoms with Gasteiger partial charge < -0.3 is 15.6 Å². The number of rotatable bonds is 13. The van der Waals surface area contributed by atoms with Crippen LogP contribution in [0.1, 0.15) is 44.5 Å². The molecule has 0 saturated carbocycles. The van der Waals surface area contributed by atoms with Crippen molar-refractivity contribution in [3.63, 3.8) is 0 Å². The van der Waals surface area contributed by atoms with Gasteiger partial charge in [-0.05, 0) is 60.6 Å². The minimum Gasteiger partial charge on any atom is -0.493 e. The number of carboxylic acids is 1. The normalized spacial score (nSPS) is 10.8. The van der Waals surface area contributed by atoms with Gasteiger partial charge in [0.1, 0.15) is 16.8 Å². The Morgan fingerprint density at radius 2 is 1.62 bits per heavy atom. The van der Waals surface area contributed by atoms with E-state index in [9.17, 15) is 9.90 Å². The first-order chi connectivity index (χ1) is 19.4. The summed E-state index contributed by atoms with van der Waals surface area (Å²) in [5.74, 6) is -0.383. The van der Waals surface area contributed by atoms with E-state index in [-0.39, 0.29) is 12.2 Å². The molecule has 0 aliphatic carbocycles. The van der Waals surface area contributed by atoms with Gasteiger partial charge >= 0.3 is 5.97 Å². The smallest absolute Gasteiger partial charge is 0.354 e. The Bertz CT molecular complexity index is 1490. The highest BCUT2D eigenvalue weighted by Gasteiger charge is 2.14. The van der Waals surface area contributed by atoms with Gasteiger partial charge in [-0.25, -0.2) is 9.78 Å². The number of nitrogens with two attached hydrogens (primary N) is 1. The van der Waals surface area contributed by atoms with Crippen LogP contribution in [0.3, 0.4) is 0 Å². The van der Waals surface area contributed by atoms with E-state index in [1.165, 1.54) is 6.07 Å². The zero-order valence-electron chi connectivity index (χ0n) is 22.2. The second-order valence-electron chi connectivity index (χ2n) is 9.16. The van der Waals surface area contributed by atoms with Gasteiger partial charge in [0.15, 0.2) is 0 Å². The summed E-state index contributed by atoms with van der Waals surface area (Å²) in [6, 6.07) is 22.5. The Labute approximate surface area is 237 Å². The van der Waals surface area contributed by atoms with Crippen LogP contribution in [0.5, 0.6) is 5.75 Å². The van der Waals surface area contributed by atoms with E-state index in [1.54, 1.807) is 6.07 Å². The highest BCUT2D eigenvalue weighted by Crippen LogP contribution is 2.20. The molecule has 0 aliphatic rings. The first-order valence-corrected chi connectivity index (χ1v) is 13.5. The molecule has 9 nitrogen and oxygen atoms in total. The Hall–Kier alpha value is -4.30. The molecule has 0 amide bonds. The molecule has 4 rings (SSSR count). The molecule has 10 heteroatoms. The monoisotopic (exact) mass is 554 g/mol. The molecule has 204 valence electrons. The van der Waals surface area contributed by atoms with E-state index in [0.29, 0.717) is 49.8 Å². The molecule has 0 unspecified atom stereocenters. The lowest BCUT2D eigenvalue weighted by Crippen LogP contribution is -2.25. The summed E-state index contributed by atoms with van der Waals surface area (Å²) in [6.07, 6.45) is 0.712. The Morgan fingerprint density at radius 1 is 0.950 bits per heavy atom. The number of pyridine rings is 3. The number of ether oxygens (including phenoxy) is 1. The molecule has 0 aliphatic heterocycles. The summed E-state index contributed by atoms with van der Waals surface area (Å²) in [4.78, 5) is 28.1. The first-order valence-electron chi connectivity index (χ1n) is 12.7. The molecule has 1 aromatic carbocycles. The molecule has 4 aromatic rings. The number of nitriles is 1. The Kier molecular flexibility index (Phi) is 10.2. The van der Waals surface area contributed by atoms with Crippen LogP contribution in [0.2, 0.25) is 0 Å². The number of carboxylic acid groups (broad SMARTS) is 1. The summed E-state index contributed by atoms with van der Waals surface area (Å²) in [5, 5.41) is 20.3. The van der Waals surface area contributed by atoms with Crippen molar-refractivity contribution in [2.45, 2.75) is 44.4 Å². The van der Waals surface area contributed by atoms with Crippen molar-refractivity contribution in [3.8, 4) is 11.2 Å². The van der Waals surface area contributed by atoms with Crippen molar-refractivity contribution in [1.29, 1.82) is 5.26 Å². The van der Waals surface area contributed by atoms with Gasteiger partial charge in [0, 0.05) is 55.3 Å². The molecule has 0 spiro atoms. The SMILES string of the molecule is Cc1cccc(CN(Cc2cc(OCCc3ccc(SC#N)cc3)cc(CN)n2)Cc2cccc(C(=O)O)n2)n1. The maximum absolute atomic E-state index is 11.5. The predicted molar refractivity (Wildman–Crippen MR) is 152 cm³/mol. The van der Waals surface area contributed by atoms with Gasteiger partial charge in [-0.15, -0.1) is 0 Å². The molecule has 0 bridgehead atoms. The minimum absolute atomic E-state index is 0.00327. The Morgan fingerprint density at radius 3 is 2.30 bits per heavy atom. The zero-order chi connectivity index (χ0) is 28.3. The fraction of sp³-hybridized carbons (Fsp3) is 0.233. The predicted octanol–water partition coefficient (Wildman–Crippen LogP) is 4.73. The number of hydrogen-bond donors (Lipinski definition) is 2. The highest BCUT2D eigenvalue weighted by atomic mass is 32.2. The second kappa shape index (κ2) is 14.2. The van der Waals surface area contributed by atoms with Gasteiger partial charge in [0.25, 0.3) is 0 Å². The van der Waals surface area contributed by atoms with Crippen molar-refractivity contribution >= 4 is 17.7 Å². The quantitative estimate of drug-likeness (QED) is 0.176. The van der Waals surface area contributed by atoms with Crippen molar-refractivity contribution in [1.82, 2.24) is 19.9 Å². The third kappa shape index (κ3) is 8.61. The third-order valence-corrected chi connectivity index (χ3v) is 6.59. The van der Waals surface area contributed by atoms with Crippen LogP contribution in [-0.2, 0) is 32.6 Å². The average Bonchev–Trinajstić information content (AvgIpc) is 2.94. The number of benzene rings is 1. The summed E-state index contributed by atoms with van der Waals surface area (Å²) in [7, 11) is 0. The molecule has 40 heavy (non-hydrogen) atoms. The van der Waals surface area contributed by atoms with Crippen LogP contribution in [0.4, 0.5) is 0 Å². The fourth-order valence-electron chi connectivity index (χ4n) is 4.18. The van der Waals surface area contributed by atoms with Crippen LogP contribution < -0.4 is 10.5 Å². The van der Waals surface area contributed by atoms with Gasteiger partial charge in [0.05, 0.1) is 29.4 Å². The van der Waals surface area contributed by atoms with Crippen molar-refractivity contribution in [2.75, 3.05) is 6.61 Å². The lowest BCUT2D eigenvalue weighted by molar-refractivity contribution is 0.0689. The summed E-state index contributed by atoms with van der Waals surface area (Å²) in [5.41, 5.74) is 11.0. The summed E-state index contributed by atoms with van der Waals surface area (Å²) in [6.45, 7) is 4.07. The molecule has 0 atom stereocenters. The average molecular weight is 555 g/mol. The van der Waals surface area contributed by atoms with Gasteiger partial charge in [-0.2, -0.15) is 5.26 Å². The van der Waals surface area contributed by atoms with E-state index in [1.807, 2.05) is 67.6 Å². The zero-order valence-corrected chi connectivity index (χ0v) is 23.0. The number of nitrogens with zero attached hydrogens (tertiary/aromatic N) is 5. The molecule has 0 radical (unpaired) electrons. The van der Waals surface area contributed by atoms with Gasteiger partial charge in [-0.1, -0.05) is 24.3 Å². The molecular formula is C30H30N6O3S. The number of thiocyanates is 1. The van der Waals surface area contributed by atoms with Crippen molar-refractivity contribution in [3.05, 3.63) is 113 Å². The number of thioether (sulfide) groups is 1. The first kappa shape index (κ1) is 28.7. The topological polar surface area (TPSA) is 138 Å². The van der Waals surface area contributed by atoms with Crippen LogP contribution >= 0.6 is 11.8 Å². The number of aryl methyl sites for hydroxylation is 1. The second-order valence-corrected chi connectivity index (χ2v) is 10.0. The Balaban J connectivity index is 1.50. The maximum atomic E-state index is 11.5. The number of aromatic carboxylic acids is 1. The lowest BCUT2D eigenvalue weighted by Gasteiger charge is -2.22. The third-order valence-electron chi connectivity index (χ3n) is 5.99. The van der Waals surface area contributed by atoms with Gasteiger partial charge in [0.2, 0.25) is 0 Å². The van der Waals surface area contributed by atoms with E-state index in [0.717, 1.165) is 39.3 Å². The van der Waals surface area contributed by atoms with E-state index >= 15 is 0 Å². The molecule has 3 N–H and O–H groups in total. The van der Waals surface area contributed by atoms with Gasteiger partial charge in [-0.3, -0.25) is 14.9 Å². The van der Waals surface area contributed by atoms with E-state index in [4.69, 9.17) is 20.7 Å². The van der Waals surface area contributed by atoms with Crippen LogP contribution in [0.25, 0.3) is 0 Å². The van der Waals surface area contributed by atoms with E-state index < -0.39 is 5.97 Å². The van der Waals surface area contributed by atoms with E-state index in [2.05, 4.69) is 20.3 Å². The number of carbonyl (C=O) groups is 1. The molecule has 0 fully saturated rings. The molecule has 0 saturated heterocycles. The number of hydrogen-bond acceptors (Lipinski definition) is 9. The highest BCUT2D eigenvalue weighted by molar-refractivity contribution is 8.03. The summed E-state index contributed by atoms with van der Waals surface area (Å²) < 4.78 is 6.09. The van der Waals surface area contributed by atoms with Crippen LogP contribution in [-0.4, -0.2) is 37.5 Å².